The van der Waals surface area contributed by atoms with Crippen molar-refractivity contribution in [3.63, 3.8) is 0 Å². The third-order valence-electron chi connectivity index (χ3n) is 3.27. The Morgan fingerprint density at radius 1 is 1.63 bits per heavy atom. The summed E-state index contributed by atoms with van der Waals surface area (Å²) in [6.07, 6.45) is 0. The summed E-state index contributed by atoms with van der Waals surface area (Å²) in [5, 5.41) is 3.28. The number of hydrogen-bond acceptors (Lipinski definition) is 4. The first-order valence-electron chi connectivity index (χ1n) is 6.19. The first-order chi connectivity index (χ1) is 9.11. The van der Waals surface area contributed by atoms with Crippen LogP contribution < -0.4 is 11.1 Å². The second-order valence-electron chi connectivity index (χ2n) is 4.52. The quantitative estimate of drug-likeness (QED) is 0.808. The van der Waals surface area contributed by atoms with Crippen molar-refractivity contribution in [2.75, 3.05) is 32.5 Å². The van der Waals surface area contributed by atoms with Gasteiger partial charge in [0.2, 0.25) is 5.91 Å². The van der Waals surface area contributed by atoms with E-state index in [2.05, 4.69) is 10.2 Å². The lowest BCUT2D eigenvalue weighted by molar-refractivity contribution is -0.132. The largest absolute Gasteiger partial charge is 0.398 e. The van der Waals surface area contributed by atoms with E-state index < -0.39 is 0 Å². The molecule has 2 rings (SSSR count). The van der Waals surface area contributed by atoms with Crippen LogP contribution in [0.1, 0.15) is 5.56 Å². The topological polar surface area (TPSA) is 67.6 Å². The van der Waals surface area contributed by atoms with Crippen molar-refractivity contribution in [3.8, 4) is 0 Å². The van der Waals surface area contributed by atoms with E-state index in [0.29, 0.717) is 37.0 Å². The van der Waals surface area contributed by atoms with Gasteiger partial charge < -0.3 is 15.8 Å². The number of carbonyl (C=O) groups is 1. The van der Waals surface area contributed by atoms with Crippen LogP contribution in [0.4, 0.5) is 5.69 Å². The summed E-state index contributed by atoms with van der Waals surface area (Å²) < 4.78 is 5.37. The first-order valence-corrected chi connectivity index (χ1v) is 6.57. The van der Waals surface area contributed by atoms with Crippen LogP contribution in [0.25, 0.3) is 0 Å². The number of amides is 1. The summed E-state index contributed by atoms with van der Waals surface area (Å²) in [6, 6.07) is 5.16. The number of ether oxygens (including phenoxy) is 1. The molecule has 1 heterocycles. The zero-order valence-corrected chi connectivity index (χ0v) is 11.6. The Morgan fingerprint density at radius 3 is 3.11 bits per heavy atom. The summed E-state index contributed by atoms with van der Waals surface area (Å²) in [7, 11) is 1.63. The van der Waals surface area contributed by atoms with E-state index in [1.54, 1.807) is 13.1 Å². The predicted octanol–water partition coefficient (Wildman–Crippen LogP) is 0.869. The fourth-order valence-electron chi connectivity index (χ4n) is 2.16. The molecule has 6 heteroatoms. The normalized spacial score (nSPS) is 20.2. The maximum absolute atomic E-state index is 11.8. The van der Waals surface area contributed by atoms with Gasteiger partial charge in [-0.05, 0) is 17.7 Å². The molecule has 0 spiro atoms. The van der Waals surface area contributed by atoms with Crippen molar-refractivity contribution in [1.29, 1.82) is 0 Å². The third-order valence-corrected chi connectivity index (χ3v) is 3.50. The van der Waals surface area contributed by atoms with Gasteiger partial charge in [0.15, 0.2) is 0 Å². The van der Waals surface area contributed by atoms with Gasteiger partial charge in [-0.2, -0.15) is 0 Å². The number of nitrogens with two attached hydrogens (primary N) is 1. The molecule has 0 saturated carbocycles. The number of nitrogens with one attached hydrogen (secondary N) is 1. The number of nitrogen functional groups attached to an aromatic ring is 1. The van der Waals surface area contributed by atoms with Crippen LogP contribution in [-0.2, 0) is 16.1 Å². The number of carbonyl (C=O) groups excluding carboxylic acids is 1. The minimum Gasteiger partial charge on any atom is -0.398 e. The van der Waals surface area contributed by atoms with Gasteiger partial charge in [-0.1, -0.05) is 17.7 Å². The van der Waals surface area contributed by atoms with E-state index in [4.69, 9.17) is 22.1 Å². The second kappa shape index (κ2) is 6.23. The average molecular weight is 284 g/mol. The molecule has 104 valence electrons. The smallest absolute Gasteiger partial charge is 0.239 e. The summed E-state index contributed by atoms with van der Waals surface area (Å²) in [5.74, 6) is -0.0350. The van der Waals surface area contributed by atoms with Gasteiger partial charge in [-0.25, -0.2) is 0 Å². The Balaban J connectivity index is 2.13. The SMILES string of the molecule is CNC(=O)C1COCCN1Cc1ccc(Cl)cc1N. The van der Waals surface area contributed by atoms with Crippen LogP contribution in [-0.4, -0.2) is 43.7 Å². The molecule has 1 fully saturated rings. The predicted molar refractivity (Wildman–Crippen MR) is 74.9 cm³/mol. The number of anilines is 1. The van der Waals surface area contributed by atoms with Crippen LogP contribution in [0.5, 0.6) is 0 Å². The Kier molecular flexibility index (Phi) is 4.63. The minimum atomic E-state index is -0.270. The maximum atomic E-state index is 11.8. The Morgan fingerprint density at radius 2 is 2.42 bits per heavy atom. The summed E-state index contributed by atoms with van der Waals surface area (Å²) >= 11 is 5.88. The van der Waals surface area contributed by atoms with Crippen LogP contribution in [0.15, 0.2) is 18.2 Å². The highest BCUT2D eigenvalue weighted by Gasteiger charge is 2.28. The summed E-state index contributed by atoms with van der Waals surface area (Å²) in [4.78, 5) is 13.9. The van der Waals surface area contributed by atoms with E-state index >= 15 is 0 Å². The van der Waals surface area contributed by atoms with Crippen LogP contribution in [0.2, 0.25) is 5.02 Å². The fourth-order valence-corrected chi connectivity index (χ4v) is 2.34. The van der Waals surface area contributed by atoms with Crippen molar-refractivity contribution in [2.45, 2.75) is 12.6 Å². The van der Waals surface area contributed by atoms with E-state index in [9.17, 15) is 4.79 Å². The first kappa shape index (κ1) is 14.1. The third kappa shape index (κ3) is 3.37. The zero-order chi connectivity index (χ0) is 13.8. The lowest BCUT2D eigenvalue weighted by Gasteiger charge is -2.34. The molecule has 0 aromatic heterocycles. The van der Waals surface area contributed by atoms with E-state index in [-0.39, 0.29) is 11.9 Å². The molecule has 1 saturated heterocycles. The summed E-state index contributed by atoms with van der Waals surface area (Å²) in [6.45, 7) is 2.36. The molecular formula is C13H18ClN3O2. The van der Waals surface area contributed by atoms with Crippen LogP contribution in [0, 0.1) is 0 Å². The molecular weight excluding hydrogens is 266 g/mol. The highest BCUT2D eigenvalue weighted by Crippen LogP contribution is 2.21. The number of nitrogens with zero attached hydrogens (tertiary/aromatic N) is 1. The molecule has 1 aromatic carbocycles. The van der Waals surface area contributed by atoms with Crippen molar-refractivity contribution >= 4 is 23.2 Å². The molecule has 1 aliphatic rings. The van der Waals surface area contributed by atoms with Gasteiger partial charge in [0.05, 0.1) is 13.2 Å². The van der Waals surface area contributed by atoms with Gasteiger partial charge in [0.25, 0.3) is 0 Å². The number of likely N-dealkylation sites (N-methyl/N-ethyl adjacent to an activating group) is 1. The highest BCUT2D eigenvalue weighted by molar-refractivity contribution is 6.30. The molecule has 0 bridgehead atoms. The van der Waals surface area contributed by atoms with Crippen LogP contribution in [0.3, 0.4) is 0 Å². The van der Waals surface area contributed by atoms with Crippen LogP contribution >= 0.6 is 11.6 Å². The molecule has 3 N–H and O–H groups in total. The fraction of sp³-hybridized carbons (Fsp3) is 0.462. The lowest BCUT2D eigenvalue weighted by atomic mass is 10.1. The van der Waals surface area contributed by atoms with Crippen molar-refractivity contribution in [2.24, 2.45) is 0 Å². The molecule has 1 amide bonds. The molecule has 0 radical (unpaired) electrons. The number of rotatable bonds is 3. The van der Waals surface area contributed by atoms with E-state index in [0.717, 1.165) is 5.56 Å². The highest BCUT2D eigenvalue weighted by atomic mass is 35.5. The van der Waals surface area contributed by atoms with Gasteiger partial charge in [0, 0.05) is 30.8 Å². The van der Waals surface area contributed by atoms with Crippen molar-refractivity contribution < 1.29 is 9.53 Å². The van der Waals surface area contributed by atoms with Gasteiger partial charge in [0.1, 0.15) is 6.04 Å². The van der Waals surface area contributed by atoms with Gasteiger partial charge >= 0.3 is 0 Å². The molecule has 19 heavy (non-hydrogen) atoms. The monoisotopic (exact) mass is 283 g/mol. The van der Waals surface area contributed by atoms with Gasteiger partial charge in [-0.3, -0.25) is 9.69 Å². The lowest BCUT2D eigenvalue weighted by Crippen LogP contribution is -2.52. The molecule has 5 nitrogen and oxygen atoms in total. The van der Waals surface area contributed by atoms with Gasteiger partial charge in [-0.15, -0.1) is 0 Å². The van der Waals surface area contributed by atoms with E-state index in [1.165, 1.54) is 0 Å². The average Bonchev–Trinajstić information content (AvgIpc) is 2.41. The standard InChI is InChI=1S/C13H18ClN3O2/c1-16-13(18)12-8-19-5-4-17(12)7-9-2-3-10(14)6-11(9)15/h2-3,6,12H,4-5,7-8,15H2,1H3,(H,16,18). The Hall–Kier alpha value is -1.30. The number of morpholine rings is 1. The molecule has 1 aliphatic heterocycles. The summed E-state index contributed by atoms with van der Waals surface area (Å²) in [5.41, 5.74) is 7.57. The molecule has 1 atom stereocenters. The Bertz CT molecular complexity index is 467. The number of halogens is 1. The Labute approximate surface area is 117 Å². The number of benzene rings is 1. The number of hydrogen-bond donors (Lipinski definition) is 2. The van der Waals surface area contributed by atoms with E-state index in [1.807, 2.05) is 12.1 Å². The maximum Gasteiger partial charge on any atom is 0.239 e. The molecule has 1 unspecified atom stereocenters. The van der Waals surface area contributed by atoms with Crippen molar-refractivity contribution in [1.82, 2.24) is 10.2 Å². The minimum absolute atomic E-state index is 0.0350. The second-order valence-corrected chi connectivity index (χ2v) is 4.96. The molecule has 1 aromatic rings. The van der Waals surface area contributed by atoms with Crippen molar-refractivity contribution in [3.05, 3.63) is 28.8 Å². The zero-order valence-electron chi connectivity index (χ0n) is 10.9. The molecule has 0 aliphatic carbocycles.